The lowest BCUT2D eigenvalue weighted by Crippen LogP contribution is -2.20. The Morgan fingerprint density at radius 3 is 2.25 bits per heavy atom. The van der Waals surface area contributed by atoms with Crippen LogP contribution in [0, 0.1) is 0 Å². The van der Waals surface area contributed by atoms with Crippen LogP contribution < -0.4 is 15.4 Å². The van der Waals surface area contributed by atoms with Gasteiger partial charge in [-0.15, -0.1) is 0 Å². The van der Waals surface area contributed by atoms with Crippen LogP contribution in [0.15, 0.2) is 72.8 Å². The fourth-order valence-electron chi connectivity index (χ4n) is 3.47. The van der Waals surface area contributed by atoms with Gasteiger partial charge in [0.1, 0.15) is 5.75 Å². The molecule has 0 atom stereocenters. The zero-order valence-corrected chi connectivity index (χ0v) is 15.8. The van der Waals surface area contributed by atoms with Gasteiger partial charge in [-0.2, -0.15) is 0 Å². The Hall–Kier alpha value is -3.27. The van der Waals surface area contributed by atoms with Gasteiger partial charge in [-0.3, -0.25) is 4.79 Å². The molecule has 4 rings (SSSR count). The van der Waals surface area contributed by atoms with Gasteiger partial charge in [0, 0.05) is 17.1 Å². The van der Waals surface area contributed by atoms with Crippen molar-refractivity contribution in [2.75, 3.05) is 17.2 Å². The van der Waals surface area contributed by atoms with Crippen molar-refractivity contribution in [3.63, 3.8) is 0 Å². The molecule has 0 spiro atoms. The summed E-state index contributed by atoms with van der Waals surface area (Å²) in [6, 6.07) is 23.8. The van der Waals surface area contributed by atoms with Crippen LogP contribution in [-0.2, 0) is 17.6 Å². The summed E-state index contributed by atoms with van der Waals surface area (Å²) in [6.45, 7) is 0.00278. The molecular weight excluding hydrogens is 348 g/mol. The van der Waals surface area contributed by atoms with Gasteiger partial charge in [0.25, 0.3) is 5.91 Å². The lowest BCUT2D eigenvalue weighted by Gasteiger charge is -2.16. The molecule has 3 aromatic rings. The third-order valence-corrected chi connectivity index (χ3v) is 4.92. The van der Waals surface area contributed by atoms with E-state index >= 15 is 0 Å². The molecule has 1 aliphatic carbocycles. The molecule has 4 heteroatoms. The summed E-state index contributed by atoms with van der Waals surface area (Å²) in [4.78, 5) is 12.2. The summed E-state index contributed by atoms with van der Waals surface area (Å²) in [5, 5.41) is 6.19. The molecule has 0 fully saturated rings. The molecule has 0 saturated heterocycles. The molecule has 0 saturated carbocycles. The molecule has 0 heterocycles. The Morgan fingerprint density at radius 2 is 1.46 bits per heavy atom. The zero-order valence-electron chi connectivity index (χ0n) is 15.8. The number of anilines is 3. The number of carbonyl (C=O) groups is 1. The van der Waals surface area contributed by atoms with Gasteiger partial charge in [0.15, 0.2) is 6.61 Å². The van der Waals surface area contributed by atoms with Crippen LogP contribution >= 0.6 is 0 Å². The third-order valence-electron chi connectivity index (χ3n) is 4.92. The highest BCUT2D eigenvalue weighted by atomic mass is 16.5. The second-order valence-corrected chi connectivity index (χ2v) is 7.04. The molecule has 0 aliphatic heterocycles. The van der Waals surface area contributed by atoms with Crippen LogP contribution in [0.2, 0.25) is 0 Å². The zero-order chi connectivity index (χ0) is 19.2. The SMILES string of the molecule is O=C(COc1ccc2c(c1)CCCC2)Nc1ccc(Nc2ccccc2)cc1. The van der Waals surface area contributed by atoms with Gasteiger partial charge in [0.2, 0.25) is 0 Å². The van der Waals surface area contributed by atoms with Gasteiger partial charge in [-0.1, -0.05) is 24.3 Å². The Balaban J connectivity index is 1.29. The van der Waals surface area contributed by atoms with Crippen LogP contribution in [0.4, 0.5) is 17.1 Å². The van der Waals surface area contributed by atoms with E-state index in [4.69, 9.17) is 4.74 Å². The van der Waals surface area contributed by atoms with Crippen molar-refractivity contribution >= 4 is 23.0 Å². The quantitative estimate of drug-likeness (QED) is 0.615. The molecule has 0 radical (unpaired) electrons. The van der Waals surface area contributed by atoms with E-state index in [1.807, 2.05) is 60.7 Å². The number of carbonyl (C=O) groups excluding carboxylic acids is 1. The van der Waals surface area contributed by atoms with Crippen LogP contribution in [-0.4, -0.2) is 12.5 Å². The first-order valence-corrected chi connectivity index (χ1v) is 9.73. The summed E-state index contributed by atoms with van der Waals surface area (Å²) in [5.74, 6) is 0.597. The largest absolute Gasteiger partial charge is 0.484 e. The standard InChI is InChI=1S/C24H24N2O2/c27-24(17-28-23-15-10-18-6-4-5-7-19(18)16-23)26-22-13-11-21(12-14-22)25-20-8-2-1-3-9-20/h1-3,8-16,25H,4-7,17H2,(H,26,27). The van der Waals surface area contributed by atoms with E-state index in [1.54, 1.807) is 0 Å². The first kappa shape index (κ1) is 18.1. The molecule has 28 heavy (non-hydrogen) atoms. The van der Waals surface area contributed by atoms with Crippen LogP contribution in [0.25, 0.3) is 0 Å². The van der Waals surface area contributed by atoms with Crippen LogP contribution in [0.5, 0.6) is 5.75 Å². The molecule has 0 aromatic heterocycles. The lowest BCUT2D eigenvalue weighted by molar-refractivity contribution is -0.118. The van der Waals surface area contributed by atoms with Crippen molar-refractivity contribution in [2.24, 2.45) is 0 Å². The van der Waals surface area contributed by atoms with E-state index < -0.39 is 0 Å². The minimum Gasteiger partial charge on any atom is -0.484 e. The van der Waals surface area contributed by atoms with Crippen molar-refractivity contribution in [3.05, 3.63) is 83.9 Å². The number of nitrogens with one attached hydrogen (secondary N) is 2. The summed E-state index contributed by atoms with van der Waals surface area (Å²) in [6.07, 6.45) is 4.73. The van der Waals surface area contributed by atoms with E-state index in [0.29, 0.717) is 0 Å². The normalized spacial score (nSPS) is 12.7. The molecule has 4 nitrogen and oxygen atoms in total. The molecule has 1 amide bonds. The van der Waals surface area contributed by atoms with Gasteiger partial charge in [0.05, 0.1) is 0 Å². The fraction of sp³-hybridized carbons (Fsp3) is 0.208. The molecule has 1 aliphatic rings. The number of fused-ring (bicyclic) bond motifs is 1. The maximum atomic E-state index is 12.2. The predicted molar refractivity (Wildman–Crippen MR) is 113 cm³/mol. The average Bonchev–Trinajstić information content (AvgIpc) is 2.74. The van der Waals surface area contributed by atoms with Crippen LogP contribution in [0.1, 0.15) is 24.0 Å². The van der Waals surface area contributed by atoms with Crippen molar-refractivity contribution in [1.29, 1.82) is 0 Å². The van der Waals surface area contributed by atoms with Crippen LogP contribution in [0.3, 0.4) is 0 Å². The monoisotopic (exact) mass is 372 g/mol. The third kappa shape index (κ3) is 4.71. The summed E-state index contributed by atoms with van der Waals surface area (Å²) < 4.78 is 5.68. The Morgan fingerprint density at radius 1 is 0.786 bits per heavy atom. The molecule has 142 valence electrons. The Labute approximate surface area is 165 Å². The molecule has 0 bridgehead atoms. The van der Waals surface area contributed by atoms with Gasteiger partial charge in [-0.05, 0) is 85.3 Å². The number of benzene rings is 3. The number of ether oxygens (including phenoxy) is 1. The number of hydrogen-bond acceptors (Lipinski definition) is 3. The predicted octanol–water partition coefficient (Wildman–Crippen LogP) is 5.33. The van der Waals surface area contributed by atoms with E-state index in [-0.39, 0.29) is 12.5 Å². The van der Waals surface area contributed by atoms with E-state index in [9.17, 15) is 4.79 Å². The number of rotatable bonds is 6. The second kappa shape index (κ2) is 8.61. The number of hydrogen-bond donors (Lipinski definition) is 2. The average molecular weight is 372 g/mol. The first-order valence-electron chi connectivity index (χ1n) is 9.73. The number of para-hydroxylation sites is 1. The molecular formula is C24H24N2O2. The minimum atomic E-state index is -0.165. The highest BCUT2D eigenvalue weighted by Gasteiger charge is 2.11. The van der Waals surface area contributed by atoms with E-state index in [0.717, 1.165) is 35.7 Å². The van der Waals surface area contributed by atoms with Gasteiger partial charge >= 0.3 is 0 Å². The highest BCUT2D eigenvalue weighted by molar-refractivity contribution is 5.92. The maximum Gasteiger partial charge on any atom is 0.262 e. The second-order valence-electron chi connectivity index (χ2n) is 7.04. The van der Waals surface area contributed by atoms with Crippen molar-refractivity contribution in [1.82, 2.24) is 0 Å². The number of aryl methyl sites for hydroxylation is 2. The van der Waals surface area contributed by atoms with Crippen molar-refractivity contribution < 1.29 is 9.53 Å². The number of amides is 1. The summed E-state index contributed by atoms with van der Waals surface area (Å²) in [5.41, 5.74) is 5.50. The topological polar surface area (TPSA) is 50.4 Å². The van der Waals surface area contributed by atoms with E-state index in [2.05, 4.69) is 22.8 Å². The molecule has 3 aromatic carbocycles. The van der Waals surface area contributed by atoms with E-state index in [1.165, 1.54) is 24.0 Å². The van der Waals surface area contributed by atoms with Gasteiger partial charge in [-0.25, -0.2) is 0 Å². The molecule has 2 N–H and O–H groups in total. The maximum absolute atomic E-state index is 12.2. The fourth-order valence-corrected chi connectivity index (χ4v) is 3.47. The van der Waals surface area contributed by atoms with Crippen molar-refractivity contribution in [3.8, 4) is 5.75 Å². The smallest absolute Gasteiger partial charge is 0.262 e. The summed E-state index contributed by atoms with van der Waals surface area (Å²) in [7, 11) is 0. The first-order chi connectivity index (χ1) is 13.8. The van der Waals surface area contributed by atoms with Crippen molar-refractivity contribution in [2.45, 2.75) is 25.7 Å². The highest BCUT2D eigenvalue weighted by Crippen LogP contribution is 2.25. The Kier molecular flexibility index (Phi) is 5.57. The van der Waals surface area contributed by atoms with Gasteiger partial charge < -0.3 is 15.4 Å². The lowest BCUT2D eigenvalue weighted by atomic mass is 9.92. The minimum absolute atomic E-state index is 0.00278. The Bertz CT molecular complexity index is 937. The summed E-state index contributed by atoms with van der Waals surface area (Å²) >= 11 is 0. The molecule has 0 unspecified atom stereocenters.